The fraction of sp³-hybridized carbons (Fsp3) is 0.683. The van der Waals surface area contributed by atoms with E-state index in [1.54, 1.807) is 0 Å². The molecule has 0 radical (unpaired) electrons. The number of ether oxygens (including phenoxy) is 2. The van der Waals surface area contributed by atoms with Gasteiger partial charge in [0, 0.05) is 12.8 Å². The molecule has 0 fully saturated rings. The van der Waals surface area contributed by atoms with Gasteiger partial charge in [0.1, 0.15) is 6.61 Å². The number of rotatable bonds is 51. The molecule has 0 aromatic carbocycles. The Balaban J connectivity index is 3.44. The molecule has 0 aliphatic heterocycles. The Morgan fingerprint density at radius 3 is 0.897 bits per heavy atom. The summed E-state index contributed by atoms with van der Waals surface area (Å²) in [4.78, 5) is 24.4. The first-order valence-electron chi connectivity index (χ1n) is 28.4. The SMILES string of the molecule is CC/C=C\C/C=C\C/C=C\C/C=C\C/C=C\C/C=C\CCCCCCCCCCCCCCCCCCCCCCCCC(=O)OC(CO)COC(=O)CCCCC/C=C\C/C=C\C/C=C\CC. The lowest BCUT2D eigenvalue weighted by atomic mass is 10.0. The van der Waals surface area contributed by atoms with Crippen molar-refractivity contribution in [1.29, 1.82) is 0 Å². The van der Waals surface area contributed by atoms with Crippen LogP contribution < -0.4 is 0 Å². The topological polar surface area (TPSA) is 72.8 Å². The van der Waals surface area contributed by atoms with Crippen molar-refractivity contribution in [2.24, 2.45) is 0 Å². The van der Waals surface area contributed by atoms with Gasteiger partial charge in [-0.2, -0.15) is 0 Å². The van der Waals surface area contributed by atoms with Crippen LogP contribution in [0.2, 0.25) is 0 Å². The fourth-order valence-electron chi connectivity index (χ4n) is 7.87. The number of aliphatic hydroxyl groups is 1. The molecule has 388 valence electrons. The van der Waals surface area contributed by atoms with Gasteiger partial charge in [0.25, 0.3) is 0 Å². The number of unbranched alkanes of at least 4 members (excludes halogenated alkanes) is 25. The summed E-state index contributed by atoms with van der Waals surface area (Å²) in [5, 5.41) is 9.61. The van der Waals surface area contributed by atoms with Crippen LogP contribution in [-0.4, -0.2) is 36.4 Å². The summed E-state index contributed by atoms with van der Waals surface area (Å²) in [6.45, 7) is 3.89. The van der Waals surface area contributed by atoms with Gasteiger partial charge >= 0.3 is 11.9 Å². The average molecular weight is 944 g/mol. The highest BCUT2D eigenvalue weighted by atomic mass is 16.6. The molecule has 5 nitrogen and oxygen atoms in total. The molecule has 0 rings (SSSR count). The molecule has 0 amide bonds. The summed E-state index contributed by atoms with van der Waals surface area (Å²) in [7, 11) is 0. The van der Waals surface area contributed by atoms with E-state index in [1.807, 2.05) is 0 Å². The summed E-state index contributed by atoms with van der Waals surface area (Å²) in [5.41, 5.74) is 0. The van der Waals surface area contributed by atoms with Crippen LogP contribution in [0.3, 0.4) is 0 Å². The van der Waals surface area contributed by atoms with Gasteiger partial charge in [-0.05, 0) is 96.3 Å². The summed E-state index contributed by atoms with van der Waals surface area (Å²) >= 11 is 0. The van der Waals surface area contributed by atoms with Crippen molar-refractivity contribution in [3.8, 4) is 0 Å². The Hall–Kier alpha value is -3.44. The van der Waals surface area contributed by atoms with E-state index in [1.165, 1.54) is 128 Å². The van der Waals surface area contributed by atoms with Gasteiger partial charge in [-0.1, -0.05) is 258 Å². The molecule has 0 aliphatic carbocycles. The van der Waals surface area contributed by atoms with Gasteiger partial charge in [-0.25, -0.2) is 0 Å². The van der Waals surface area contributed by atoms with E-state index in [0.29, 0.717) is 12.8 Å². The Morgan fingerprint density at radius 1 is 0.338 bits per heavy atom. The summed E-state index contributed by atoms with van der Waals surface area (Å²) < 4.78 is 10.6. The normalized spacial score (nSPS) is 13.0. The highest BCUT2D eigenvalue weighted by molar-refractivity contribution is 5.70. The van der Waals surface area contributed by atoms with Crippen molar-refractivity contribution in [1.82, 2.24) is 0 Å². The van der Waals surface area contributed by atoms with Crippen LogP contribution in [0.1, 0.15) is 258 Å². The lowest BCUT2D eigenvalue weighted by Crippen LogP contribution is -2.28. The molecule has 0 heterocycles. The zero-order chi connectivity index (χ0) is 49.2. The van der Waals surface area contributed by atoms with E-state index >= 15 is 0 Å². The number of aliphatic hydroxyl groups excluding tert-OH is 1. The molecule has 0 spiro atoms. The van der Waals surface area contributed by atoms with E-state index in [9.17, 15) is 14.7 Å². The number of carbonyl (C=O) groups is 2. The number of allylic oxidation sites excluding steroid dienone is 18. The van der Waals surface area contributed by atoms with E-state index in [0.717, 1.165) is 103 Å². The predicted molar refractivity (Wildman–Crippen MR) is 297 cm³/mol. The molecule has 5 heteroatoms. The smallest absolute Gasteiger partial charge is 0.306 e. The van der Waals surface area contributed by atoms with E-state index in [4.69, 9.17) is 9.47 Å². The molecule has 0 aromatic rings. The monoisotopic (exact) mass is 943 g/mol. The fourth-order valence-corrected chi connectivity index (χ4v) is 7.87. The molecule has 0 saturated heterocycles. The molecule has 0 aromatic heterocycles. The molecule has 68 heavy (non-hydrogen) atoms. The molecule has 1 N–H and O–H groups in total. The molecule has 1 atom stereocenters. The highest BCUT2D eigenvalue weighted by Crippen LogP contribution is 2.16. The molecule has 0 aliphatic rings. The minimum atomic E-state index is -0.787. The van der Waals surface area contributed by atoms with Crippen LogP contribution in [0.15, 0.2) is 109 Å². The second-order valence-electron chi connectivity index (χ2n) is 18.6. The standard InChI is InChI=1S/C63H106O5/c1-3-5-7-9-11-13-15-17-18-19-20-21-22-23-24-25-26-27-28-29-30-31-32-33-34-35-36-37-38-39-40-41-42-43-44-46-48-50-52-54-56-58-63(66)68-61(59-64)60-67-62(65)57-55-53-51-49-47-45-16-14-12-10-8-6-4-2/h5-8,11-14,17-18,20-21,23-24,26-27,45,47,61,64H,3-4,9-10,15-16,19,22,25,28-44,46,48-60H2,1-2H3/b7-5-,8-6-,13-11-,14-12-,18-17-,21-20-,24-23-,27-26-,47-45-. The van der Waals surface area contributed by atoms with Gasteiger partial charge < -0.3 is 14.6 Å². The van der Waals surface area contributed by atoms with Crippen LogP contribution in [0, 0.1) is 0 Å². The Morgan fingerprint density at radius 2 is 0.588 bits per heavy atom. The molecule has 0 saturated carbocycles. The van der Waals surface area contributed by atoms with Crippen LogP contribution in [0.4, 0.5) is 0 Å². The van der Waals surface area contributed by atoms with Crippen molar-refractivity contribution >= 4 is 11.9 Å². The minimum Gasteiger partial charge on any atom is -0.462 e. The summed E-state index contributed by atoms with van der Waals surface area (Å²) in [6, 6.07) is 0. The van der Waals surface area contributed by atoms with E-state index in [-0.39, 0.29) is 25.2 Å². The van der Waals surface area contributed by atoms with Gasteiger partial charge in [-0.3, -0.25) is 9.59 Å². The zero-order valence-corrected chi connectivity index (χ0v) is 44.3. The maximum atomic E-state index is 12.3. The third kappa shape index (κ3) is 55.2. The van der Waals surface area contributed by atoms with Crippen molar-refractivity contribution in [3.63, 3.8) is 0 Å². The van der Waals surface area contributed by atoms with E-state index in [2.05, 4.69) is 123 Å². The van der Waals surface area contributed by atoms with Crippen LogP contribution in [0.25, 0.3) is 0 Å². The van der Waals surface area contributed by atoms with E-state index < -0.39 is 6.10 Å². The lowest BCUT2D eigenvalue weighted by molar-refractivity contribution is -0.161. The average Bonchev–Trinajstić information content (AvgIpc) is 3.34. The Labute approximate surface area is 421 Å². The second-order valence-corrected chi connectivity index (χ2v) is 18.6. The molecule has 1 unspecified atom stereocenters. The van der Waals surface area contributed by atoms with Gasteiger partial charge in [0.15, 0.2) is 6.10 Å². The van der Waals surface area contributed by atoms with Crippen LogP contribution >= 0.6 is 0 Å². The van der Waals surface area contributed by atoms with Gasteiger partial charge in [0.05, 0.1) is 6.61 Å². The first kappa shape index (κ1) is 64.6. The van der Waals surface area contributed by atoms with Crippen molar-refractivity contribution in [2.45, 2.75) is 264 Å². The van der Waals surface area contributed by atoms with Crippen LogP contribution in [-0.2, 0) is 19.1 Å². The zero-order valence-electron chi connectivity index (χ0n) is 44.3. The molecular weight excluding hydrogens is 837 g/mol. The number of hydrogen-bond donors (Lipinski definition) is 1. The van der Waals surface area contributed by atoms with Gasteiger partial charge in [0.2, 0.25) is 0 Å². The summed E-state index contributed by atoms with van der Waals surface area (Å²) in [5.74, 6) is -0.622. The van der Waals surface area contributed by atoms with Crippen molar-refractivity contribution < 1.29 is 24.2 Å². The predicted octanol–water partition coefficient (Wildman–Crippen LogP) is 19.3. The first-order valence-corrected chi connectivity index (χ1v) is 28.4. The highest BCUT2D eigenvalue weighted by Gasteiger charge is 2.16. The quantitative estimate of drug-likeness (QED) is 0.0374. The van der Waals surface area contributed by atoms with Gasteiger partial charge in [-0.15, -0.1) is 0 Å². The number of esters is 2. The largest absolute Gasteiger partial charge is 0.462 e. The third-order valence-corrected chi connectivity index (χ3v) is 12.1. The summed E-state index contributed by atoms with van der Waals surface area (Å²) in [6.07, 6.45) is 83.8. The van der Waals surface area contributed by atoms with Crippen molar-refractivity contribution in [2.75, 3.05) is 13.2 Å². The maximum Gasteiger partial charge on any atom is 0.306 e. The Kier molecular flexibility index (Phi) is 54.9. The first-order chi connectivity index (χ1) is 33.6. The number of hydrogen-bond acceptors (Lipinski definition) is 5. The van der Waals surface area contributed by atoms with Crippen molar-refractivity contribution in [3.05, 3.63) is 109 Å². The van der Waals surface area contributed by atoms with Crippen LogP contribution in [0.5, 0.6) is 0 Å². The minimum absolute atomic E-state index is 0.0827. The second kappa shape index (κ2) is 57.9. The number of carbonyl (C=O) groups excluding carboxylic acids is 2. The lowest BCUT2D eigenvalue weighted by Gasteiger charge is -2.15. The third-order valence-electron chi connectivity index (χ3n) is 12.1. The molecular formula is C63H106O5. The maximum absolute atomic E-state index is 12.3. The molecule has 0 bridgehead atoms. The Bertz CT molecular complexity index is 1340.